The van der Waals surface area contributed by atoms with Crippen LogP contribution in [0.1, 0.15) is 0 Å². The average Bonchev–Trinajstić information content (AvgIpc) is 1.96. The molecule has 1 rings (SSSR count). The lowest BCUT2D eigenvalue weighted by Crippen LogP contribution is -1.89. The Bertz CT molecular complexity index is 342. The van der Waals surface area contributed by atoms with Crippen LogP contribution in [-0.2, 0) is 0 Å². The Labute approximate surface area is 86.4 Å². The van der Waals surface area contributed by atoms with Crippen LogP contribution in [0, 0.1) is 13.7 Å². The van der Waals surface area contributed by atoms with Crippen molar-refractivity contribution in [2.45, 2.75) is 0 Å². The van der Waals surface area contributed by atoms with Crippen LogP contribution in [0.25, 0.3) is 0 Å². The fourth-order valence-corrected chi connectivity index (χ4v) is 1.70. The molecule has 0 atom stereocenters. The van der Waals surface area contributed by atoms with Gasteiger partial charge in [0.25, 0.3) is 0 Å². The summed E-state index contributed by atoms with van der Waals surface area (Å²) in [5.41, 5.74) is -0.369. The van der Waals surface area contributed by atoms with Crippen LogP contribution in [0.4, 0.5) is 5.69 Å². The summed E-state index contributed by atoms with van der Waals surface area (Å²) in [6.45, 7) is 0. The van der Waals surface area contributed by atoms with Gasteiger partial charge in [0.2, 0.25) is 5.75 Å². The molecule has 0 saturated heterocycles. The molecule has 0 saturated carbocycles. The van der Waals surface area contributed by atoms with Gasteiger partial charge in [-0.3, -0.25) is 10.1 Å². The highest BCUT2D eigenvalue weighted by atomic mass is 127. The first-order valence-corrected chi connectivity index (χ1v) is 4.30. The van der Waals surface area contributed by atoms with Gasteiger partial charge in [0.05, 0.1) is 9.95 Å². The largest absolute Gasteiger partial charge is 0.501 e. The minimum absolute atomic E-state index is 0.00593. The first-order chi connectivity index (χ1) is 5.52. The maximum absolute atomic E-state index is 10.3. The third-order valence-electron chi connectivity index (χ3n) is 1.20. The Morgan fingerprint density at radius 1 is 1.58 bits per heavy atom. The standard InChI is InChI=1S/C6H3ClINO3/c7-4-1-3(8)2-5(6(4)10)9(11)12/h1-2,10H. The fraction of sp³-hybridized carbons (Fsp3) is 0. The third kappa shape index (κ3) is 1.78. The summed E-state index contributed by atoms with van der Waals surface area (Å²) in [6, 6.07) is 2.70. The lowest BCUT2D eigenvalue weighted by molar-refractivity contribution is -0.385. The van der Waals surface area contributed by atoms with Gasteiger partial charge in [0.1, 0.15) is 0 Å². The van der Waals surface area contributed by atoms with E-state index in [-0.39, 0.29) is 10.7 Å². The van der Waals surface area contributed by atoms with Crippen LogP contribution in [0.2, 0.25) is 5.02 Å². The Kier molecular flexibility index (Phi) is 2.73. The van der Waals surface area contributed by atoms with Crippen molar-refractivity contribution in [3.8, 4) is 5.75 Å². The summed E-state index contributed by atoms with van der Waals surface area (Å²) in [5, 5.41) is 19.4. The molecule has 0 unspecified atom stereocenters. The maximum atomic E-state index is 10.3. The van der Waals surface area contributed by atoms with E-state index in [4.69, 9.17) is 16.7 Å². The highest BCUT2D eigenvalue weighted by molar-refractivity contribution is 14.1. The highest BCUT2D eigenvalue weighted by Crippen LogP contribution is 2.34. The monoisotopic (exact) mass is 299 g/mol. The molecule has 64 valence electrons. The first kappa shape index (κ1) is 9.53. The van der Waals surface area contributed by atoms with E-state index in [1.54, 1.807) is 0 Å². The number of nitrogens with zero attached hydrogens (tertiary/aromatic N) is 1. The first-order valence-electron chi connectivity index (χ1n) is 2.85. The Hall–Kier alpha value is -0.560. The van der Waals surface area contributed by atoms with Crippen molar-refractivity contribution < 1.29 is 10.0 Å². The molecule has 0 spiro atoms. The zero-order valence-corrected chi connectivity index (χ0v) is 8.53. The van der Waals surface area contributed by atoms with E-state index in [0.717, 1.165) is 0 Å². The minimum atomic E-state index is -0.677. The van der Waals surface area contributed by atoms with Crippen LogP contribution in [0.15, 0.2) is 12.1 Å². The maximum Gasteiger partial charge on any atom is 0.313 e. The van der Waals surface area contributed by atoms with Crippen molar-refractivity contribution in [3.63, 3.8) is 0 Å². The highest BCUT2D eigenvalue weighted by Gasteiger charge is 2.16. The smallest absolute Gasteiger partial charge is 0.313 e. The van der Waals surface area contributed by atoms with Crippen LogP contribution in [-0.4, -0.2) is 10.0 Å². The summed E-state index contributed by atoms with van der Waals surface area (Å²) in [6.07, 6.45) is 0. The van der Waals surface area contributed by atoms with E-state index in [1.807, 2.05) is 22.6 Å². The molecule has 0 bridgehead atoms. The number of benzene rings is 1. The molecule has 0 fully saturated rings. The number of hydrogen-bond donors (Lipinski definition) is 1. The quantitative estimate of drug-likeness (QED) is 0.492. The van der Waals surface area contributed by atoms with Crippen molar-refractivity contribution in [2.75, 3.05) is 0 Å². The molecule has 12 heavy (non-hydrogen) atoms. The molecule has 0 amide bonds. The predicted molar refractivity (Wildman–Crippen MR) is 52.5 cm³/mol. The van der Waals surface area contributed by atoms with Gasteiger partial charge in [-0.05, 0) is 28.7 Å². The second kappa shape index (κ2) is 3.44. The van der Waals surface area contributed by atoms with Gasteiger partial charge in [0.15, 0.2) is 0 Å². The number of nitro groups is 1. The van der Waals surface area contributed by atoms with Gasteiger partial charge in [-0.15, -0.1) is 0 Å². The average molecular weight is 299 g/mol. The number of phenolic OH excluding ortho intramolecular Hbond substituents is 1. The second-order valence-electron chi connectivity index (χ2n) is 2.01. The Balaban J connectivity index is 3.37. The molecule has 4 nitrogen and oxygen atoms in total. The molecular formula is C6H3ClINO3. The molecule has 0 aliphatic heterocycles. The minimum Gasteiger partial charge on any atom is -0.501 e. The molecule has 1 N–H and O–H groups in total. The Morgan fingerprint density at radius 3 is 2.67 bits per heavy atom. The molecule has 1 aromatic rings. The summed E-state index contributed by atoms with van der Waals surface area (Å²) in [7, 11) is 0. The van der Waals surface area contributed by atoms with Gasteiger partial charge in [-0.2, -0.15) is 0 Å². The molecule has 6 heteroatoms. The summed E-state index contributed by atoms with van der Waals surface area (Å²) < 4.78 is 0.613. The van der Waals surface area contributed by atoms with Crippen molar-refractivity contribution in [2.24, 2.45) is 0 Å². The van der Waals surface area contributed by atoms with Gasteiger partial charge in [-0.1, -0.05) is 11.6 Å². The van der Waals surface area contributed by atoms with E-state index >= 15 is 0 Å². The molecule has 0 heterocycles. The lowest BCUT2D eigenvalue weighted by Gasteiger charge is -1.98. The van der Waals surface area contributed by atoms with Crippen LogP contribution >= 0.6 is 34.2 Å². The van der Waals surface area contributed by atoms with Crippen molar-refractivity contribution in [3.05, 3.63) is 30.8 Å². The number of halogens is 2. The van der Waals surface area contributed by atoms with E-state index < -0.39 is 10.7 Å². The molecule has 0 aliphatic carbocycles. The summed E-state index contributed by atoms with van der Waals surface area (Å²) in [4.78, 5) is 9.63. The van der Waals surface area contributed by atoms with E-state index in [1.165, 1.54) is 12.1 Å². The van der Waals surface area contributed by atoms with Gasteiger partial charge < -0.3 is 5.11 Å². The summed E-state index contributed by atoms with van der Waals surface area (Å²) >= 11 is 7.39. The van der Waals surface area contributed by atoms with Gasteiger partial charge >= 0.3 is 5.69 Å². The fourth-order valence-electron chi connectivity index (χ4n) is 0.692. The van der Waals surface area contributed by atoms with Crippen molar-refractivity contribution >= 4 is 39.9 Å². The number of nitro benzene ring substituents is 1. The van der Waals surface area contributed by atoms with Crippen LogP contribution in [0.5, 0.6) is 5.75 Å². The number of hydrogen-bond acceptors (Lipinski definition) is 3. The van der Waals surface area contributed by atoms with E-state index in [2.05, 4.69) is 0 Å². The Morgan fingerprint density at radius 2 is 2.17 bits per heavy atom. The normalized spacial score (nSPS) is 9.83. The summed E-state index contributed by atoms with van der Waals surface area (Å²) in [5.74, 6) is -0.484. The molecular weight excluding hydrogens is 296 g/mol. The van der Waals surface area contributed by atoms with Gasteiger partial charge in [-0.25, -0.2) is 0 Å². The van der Waals surface area contributed by atoms with Gasteiger partial charge in [0, 0.05) is 9.64 Å². The molecule has 0 radical (unpaired) electrons. The van der Waals surface area contributed by atoms with Crippen molar-refractivity contribution in [1.82, 2.24) is 0 Å². The SMILES string of the molecule is O=[N+]([O-])c1cc(I)cc(Cl)c1O. The van der Waals surface area contributed by atoms with E-state index in [0.29, 0.717) is 3.57 Å². The topological polar surface area (TPSA) is 63.4 Å². The number of aromatic hydroxyl groups is 1. The molecule has 0 aliphatic rings. The molecule has 1 aromatic carbocycles. The van der Waals surface area contributed by atoms with Crippen molar-refractivity contribution in [1.29, 1.82) is 0 Å². The lowest BCUT2D eigenvalue weighted by atomic mass is 10.3. The third-order valence-corrected chi connectivity index (χ3v) is 2.12. The van der Waals surface area contributed by atoms with E-state index in [9.17, 15) is 10.1 Å². The zero-order chi connectivity index (χ0) is 9.30. The second-order valence-corrected chi connectivity index (χ2v) is 3.67. The molecule has 0 aromatic heterocycles. The zero-order valence-electron chi connectivity index (χ0n) is 5.62. The predicted octanol–water partition coefficient (Wildman–Crippen LogP) is 2.56. The number of rotatable bonds is 1. The van der Waals surface area contributed by atoms with Crippen LogP contribution in [0.3, 0.4) is 0 Å². The van der Waals surface area contributed by atoms with Crippen LogP contribution < -0.4 is 0 Å². The number of phenols is 1.